The molecule has 0 saturated heterocycles. The molecule has 2 rings (SSSR count). The molecule has 0 aliphatic carbocycles. The van der Waals surface area contributed by atoms with Gasteiger partial charge in [0.2, 0.25) is 0 Å². The number of aromatic nitrogens is 2. The van der Waals surface area contributed by atoms with Gasteiger partial charge in [-0.25, -0.2) is 14.4 Å². The maximum absolute atomic E-state index is 13.2. The second kappa shape index (κ2) is 7.87. The molecule has 5 nitrogen and oxygen atoms in total. The van der Waals surface area contributed by atoms with Gasteiger partial charge in [0.15, 0.2) is 0 Å². The number of rotatable bonds is 6. The van der Waals surface area contributed by atoms with Crippen molar-refractivity contribution in [2.75, 3.05) is 18.9 Å². The number of hydrogen-bond acceptors (Lipinski definition) is 4. The number of carbonyl (C=O) groups excluding carboxylic acids is 1. The molecule has 0 spiro atoms. The van der Waals surface area contributed by atoms with Crippen molar-refractivity contribution in [3.05, 3.63) is 47.1 Å². The van der Waals surface area contributed by atoms with Crippen LogP contribution in [-0.2, 0) is 0 Å². The molecule has 1 aromatic heterocycles. The Morgan fingerprint density at radius 3 is 2.83 bits per heavy atom. The number of anilines is 2. The summed E-state index contributed by atoms with van der Waals surface area (Å²) < 4.78 is 13.2. The molecular weight excluding hydrogens is 319 g/mol. The number of amides is 1. The van der Waals surface area contributed by atoms with E-state index in [1.807, 2.05) is 0 Å². The first kappa shape index (κ1) is 17.1. The molecule has 0 saturated carbocycles. The molecule has 1 heterocycles. The maximum atomic E-state index is 13.2. The van der Waals surface area contributed by atoms with E-state index in [1.165, 1.54) is 24.5 Å². The Bertz CT molecular complexity index is 696. The first-order chi connectivity index (χ1) is 11.0. The number of halogens is 2. The van der Waals surface area contributed by atoms with Crippen molar-refractivity contribution in [3.63, 3.8) is 0 Å². The molecule has 2 aromatic rings. The Balaban J connectivity index is 2.13. The predicted octanol–water partition coefficient (Wildman–Crippen LogP) is 3.88. The molecular formula is C16H18ClFN4O. The molecule has 7 heteroatoms. The minimum absolute atomic E-state index is 0.0136. The normalized spacial score (nSPS) is 10.4. The third kappa shape index (κ3) is 4.63. The Morgan fingerprint density at radius 1 is 1.35 bits per heavy atom. The van der Waals surface area contributed by atoms with Crippen molar-refractivity contribution < 1.29 is 9.18 Å². The minimum atomic E-state index is -0.492. The van der Waals surface area contributed by atoms with Crippen LogP contribution in [0, 0.1) is 5.82 Å². The molecule has 1 aromatic carbocycles. The van der Waals surface area contributed by atoms with Crippen LogP contribution in [0.4, 0.5) is 15.9 Å². The molecule has 0 unspecified atom stereocenters. The van der Waals surface area contributed by atoms with Crippen molar-refractivity contribution in [1.29, 1.82) is 0 Å². The highest BCUT2D eigenvalue weighted by molar-refractivity contribution is 6.31. The van der Waals surface area contributed by atoms with E-state index in [0.29, 0.717) is 23.7 Å². The Labute approximate surface area is 139 Å². The van der Waals surface area contributed by atoms with Gasteiger partial charge in [-0.2, -0.15) is 0 Å². The van der Waals surface area contributed by atoms with Crippen LogP contribution in [0.3, 0.4) is 0 Å². The van der Waals surface area contributed by atoms with Gasteiger partial charge in [0.1, 0.15) is 23.7 Å². The van der Waals surface area contributed by atoms with Gasteiger partial charge in [0.25, 0.3) is 5.91 Å². The highest BCUT2D eigenvalue weighted by atomic mass is 35.5. The summed E-state index contributed by atoms with van der Waals surface area (Å²) in [5, 5.41) is 2.99. The Morgan fingerprint density at radius 2 is 2.13 bits per heavy atom. The number of nitrogens with zero attached hydrogens (tertiary/aromatic N) is 3. The Kier molecular flexibility index (Phi) is 5.87. The molecule has 0 bridgehead atoms. The fourth-order valence-corrected chi connectivity index (χ4v) is 2.14. The largest absolute Gasteiger partial charge is 0.340 e. The third-order valence-electron chi connectivity index (χ3n) is 3.27. The van der Waals surface area contributed by atoms with Crippen LogP contribution in [0.1, 0.15) is 30.3 Å². The lowest BCUT2D eigenvalue weighted by atomic mass is 10.3. The molecule has 0 aliphatic heterocycles. The van der Waals surface area contributed by atoms with Crippen molar-refractivity contribution in [3.8, 4) is 0 Å². The van der Waals surface area contributed by atoms with Crippen LogP contribution in [0.5, 0.6) is 0 Å². The smallest absolute Gasteiger partial charge is 0.272 e. The van der Waals surface area contributed by atoms with Crippen LogP contribution >= 0.6 is 11.6 Å². The van der Waals surface area contributed by atoms with E-state index >= 15 is 0 Å². The number of carbonyl (C=O) groups is 1. The monoisotopic (exact) mass is 336 g/mol. The summed E-state index contributed by atoms with van der Waals surface area (Å²) in [6.45, 7) is 2.74. The van der Waals surface area contributed by atoms with Gasteiger partial charge in [-0.1, -0.05) is 24.9 Å². The lowest BCUT2D eigenvalue weighted by Crippen LogP contribution is -2.28. The summed E-state index contributed by atoms with van der Waals surface area (Å²) in [6.07, 6.45) is 3.26. The van der Waals surface area contributed by atoms with Gasteiger partial charge in [-0.3, -0.25) is 4.79 Å². The van der Waals surface area contributed by atoms with Gasteiger partial charge in [-0.05, 0) is 24.6 Å². The molecule has 1 amide bonds. The minimum Gasteiger partial charge on any atom is -0.340 e. The van der Waals surface area contributed by atoms with Gasteiger partial charge in [0, 0.05) is 25.3 Å². The summed E-state index contributed by atoms with van der Waals surface area (Å²) in [7, 11) is 1.74. The van der Waals surface area contributed by atoms with Crippen LogP contribution < -0.4 is 5.32 Å². The third-order valence-corrected chi connectivity index (χ3v) is 3.56. The Hall–Kier alpha value is -2.21. The highest BCUT2D eigenvalue weighted by Crippen LogP contribution is 2.22. The van der Waals surface area contributed by atoms with Gasteiger partial charge < -0.3 is 10.2 Å². The number of benzene rings is 1. The van der Waals surface area contributed by atoms with Crippen LogP contribution in [-0.4, -0.2) is 34.4 Å². The summed E-state index contributed by atoms with van der Waals surface area (Å²) in [4.78, 5) is 22.0. The zero-order chi connectivity index (χ0) is 16.8. The fourth-order valence-electron chi connectivity index (χ4n) is 1.96. The predicted molar refractivity (Wildman–Crippen MR) is 88.6 cm³/mol. The molecule has 0 atom stereocenters. The summed E-state index contributed by atoms with van der Waals surface area (Å²) in [5.74, 6) is -0.218. The lowest BCUT2D eigenvalue weighted by Gasteiger charge is -2.16. The van der Waals surface area contributed by atoms with Crippen LogP contribution in [0.2, 0.25) is 5.02 Å². The van der Waals surface area contributed by atoms with Crippen molar-refractivity contribution in [1.82, 2.24) is 14.9 Å². The first-order valence-electron chi connectivity index (χ1n) is 7.31. The molecule has 0 fully saturated rings. The fraction of sp³-hybridized carbons (Fsp3) is 0.312. The van der Waals surface area contributed by atoms with E-state index in [2.05, 4.69) is 22.2 Å². The van der Waals surface area contributed by atoms with E-state index in [1.54, 1.807) is 18.0 Å². The summed E-state index contributed by atoms with van der Waals surface area (Å²) >= 11 is 5.74. The summed E-state index contributed by atoms with van der Waals surface area (Å²) in [5.41, 5.74) is 0.877. The quantitative estimate of drug-likeness (QED) is 0.869. The molecule has 0 aliphatic rings. The zero-order valence-corrected chi connectivity index (χ0v) is 13.8. The molecule has 23 heavy (non-hydrogen) atoms. The van der Waals surface area contributed by atoms with E-state index in [9.17, 15) is 9.18 Å². The lowest BCUT2D eigenvalue weighted by molar-refractivity contribution is 0.0787. The van der Waals surface area contributed by atoms with E-state index < -0.39 is 5.82 Å². The number of nitrogens with one attached hydrogen (secondary N) is 1. The van der Waals surface area contributed by atoms with Crippen LogP contribution in [0.25, 0.3) is 0 Å². The van der Waals surface area contributed by atoms with Gasteiger partial charge >= 0.3 is 0 Å². The standard InChI is InChI=1S/C16H18ClFN4O/c1-3-4-7-22(2)16(23)14-9-15(20-10-19-14)21-11-5-6-13(18)12(17)8-11/h5-6,8-10H,3-4,7H2,1-2H3,(H,19,20,21). The van der Waals surface area contributed by atoms with Crippen molar-refractivity contribution >= 4 is 29.0 Å². The van der Waals surface area contributed by atoms with E-state index in [4.69, 9.17) is 11.6 Å². The number of unbranched alkanes of at least 4 members (excludes halogenated alkanes) is 1. The second-order valence-electron chi connectivity index (χ2n) is 5.12. The SMILES string of the molecule is CCCCN(C)C(=O)c1cc(Nc2ccc(F)c(Cl)c2)ncn1. The summed E-state index contributed by atoms with van der Waals surface area (Å²) in [6, 6.07) is 5.81. The van der Waals surface area contributed by atoms with E-state index in [-0.39, 0.29) is 10.9 Å². The number of hydrogen-bond donors (Lipinski definition) is 1. The zero-order valence-electron chi connectivity index (χ0n) is 13.0. The topological polar surface area (TPSA) is 58.1 Å². The average molecular weight is 337 g/mol. The van der Waals surface area contributed by atoms with Crippen molar-refractivity contribution in [2.24, 2.45) is 0 Å². The van der Waals surface area contributed by atoms with Crippen molar-refractivity contribution in [2.45, 2.75) is 19.8 Å². The van der Waals surface area contributed by atoms with Crippen LogP contribution in [0.15, 0.2) is 30.6 Å². The maximum Gasteiger partial charge on any atom is 0.272 e. The first-order valence-corrected chi connectivity index (χ1v) is 7.68. The molecule has 122 valence electrons. The van der Waals surface area contributed by atoms with E-state index in [0.717, 1.165) is 12.8 Å². The molecule has 0 radical (unpaired) electrons. The second-order valence-corrected chi connectivity index (χ2v) is 5.53. The molecule has 1 N–H and O–H groups in total. The van der Waals surface area contributed by atoms with Gasteiger partial charge in [0.05, 0.1) is 5.02 Å². The average Bonchev–Trinajstić information content (AvgIpc) is 2.55. The van der Waals surface area contributed by atoms with Gasteiger partial charge in [-0.15, -0.1) is 0 Å². The highest BCUT2D eigenvalue weighted by Gasteiger charge is 2.13.